The van der Waals surface area contributed by atoms with Crippen molar-refractivity contribution in [2.24, 2.45) is 0 Å². The van der Waals surface area contributed by atoms with Crippen molar-refractivity contribution in [3.63, 3.8) is 0 Å². The second kappa shape index (κ2) is 8.30. The smallest absolute Gasteiger partial charge is 0.253 e. The van der Waals surface area contributed by atoms with Gasteiger partial charge in [-0.2, -0.15) is 0 Å². The molecule has 1 saturated heterocycles. The van der Waals surface area contributed by atoms with Crippen molar-refractivity contribution in [2.75, 3.05) is 13.1 Å². The molecule has 2 amide bonds. The van der Waals surface area contributed by atoms with E-state index in [0.717, 1.165) is 0 Å². The molecule has 136 valence electrons. The topological polar surface area (TPSA) is 49.4 Å². The molecule has 3 rings (SSSR count). The molecule has 0 bridgehead atoms. The van der Waals surface area contributed by atoms with Crippen LogP contribution in [-0.4, -0.2) is 35.8 Å². The summed E-state index contributed by atoms with van der Waals surface area (Å²) in [6.07, 6.45) is 1.37. The first-order valence-electron chi connectivity index (χ1n) is 8.25. The van der Waals surface area contributed by atoms with Gasteiger partial charge in [-0.15, -0.1) is 0 Å². The Morgan fingerprint density at radius 3 is 2.19 bits per heavy atom. The molecular formula is C19H17Cl3N2O2. The normalized spacial score (nSPS) is 15.0. The van der Waals surface area contributed by atoms with Gasteiger partial charge in [-0.3, -0.25) is 9.59 Å². The zero-order valence-electron chi connectivity index (χ0n) is 13.8. The van der Waals surface area contributed by atoms with E-state index < -0.39 is 0 Å². The number of halogens is 3. The molecule has 1 N–H and O–H groups in total. The van der Waals surface area contributed by atoms with Crippen molar-refractivity contribution in [2.45, 2.75) is 18.9 Å². The number of nitrogens with one attached hydrogen (secondary N) is 1. The van der Waals surface area contributed by atoms with Gasteiger partial charge in [-0.1, -0.05) is 34.8 Å². The Balaban J connectivity index is 1.56. The second-order valence-electron chi connectivity index (χ2n) is 6.17. The van der Waals surface area contributed by atoms with Crippen LogP contribution >= 0.6 is 34.8 Å². The van der Waals surface area contributed by atoms with Gasteiger partial charge in [0.1, 0.15) is 0 Å². The van der Waals surface area contributed by atoms with Crippen LogP contribution in [0.25, 0.3) is 0 Å². The van der Waals surface area contributed by atoms with E-state index in [1.165, 1.54) is 0 Å². The molecule has 0 aromatic heterocycles. The first kappa shape index (κ1) is 19.0. The van der Waals surface area contributed by atoms with Crippen molar-refractivity contribution < 1.29 is 9.59 Å². The lowest BCUT2D eigenvalue weighted by Gasteiger charge is -2.32. The third-order valence-corrected chi connectivity index (χ3v) is 5.20. The number of amides is 2. The van der Waals surface area contributed by atoms with Gasteiger partial charge >= 0.3 is 0 Å². The maximum atomic E-state index is 12.5. The molecule has 0 spiro atoms. The van der Waals surface area contributed by atoms with Crippen LogP contribution in [0.15, 0.2) is 42.5 Å². The van der Waals surface area contributed by atoms with Crippen molar-refractivity contribution in [1.29, 1.82) is 0 Å². The van der Waals surface area contributed by atoms with Crippen molar-refractivity contribution >= 4 is 46.6 Å². The molecule has 7 heteroatoms. The largest absolute Gasteiger partial charge is 0.349 e. The van der Waals surface area contributed by atoms with Crippen LogP contribution in [0.5, 0.6) is 0 Å². The van der Waals surface area contributed by atoms with Gasteiger partial charge in [-0.25, -0.2) is 0 Å². The summed E-state index contributed by atoms with van der Waals surface area (Å²) in [5.74, 6) is -0.274. The summed E-state index contributed by atoms with van der Waals surface area (Å²) in [5, 5.41) is 4.40. The minimum absolute atomic E-state index is 0.00758. The summed E-state index contributed by atoms with van der Waals surface area (Å²) < 4.78 is 0. The van der Waals surface area contributed by atoms with E-state index in [-0.39, 0.29) is 17.9 Å². The van der Waals surface area contributed by atoms with E-state index in [1.54, 1.807) is 47.4 Å². The quantitative estimate of drug-likeness (QED) is 0.797. The van der Waals surface area contributed by atoms with Crippen LogP contribution in [-0.2, 0) is 0 Å². The second-order valence-corrected chi connectivity index (χ2v) is 7.45. The van der Waals surface area contributed by atoms with E-state index in [9.17, 15) is 9.59 Å². The highest BCUT2D eigenvalue weighted by Gasteiger charge is 2.25. The van der Waals surface area contributed by atoms with Gasteiger partial charge in [0.2, 0.25) is 0 Å². The molecule has 26 heavy (non-hydrogen) atoms. The predicted octanol–water partition coefficient (Wildman–Crippen LogP) is 4.68. The third-order valence-electron chi connectivity index (χ3n) is 4.38. The number of hydrogen-bond acceptors (Lipinski definition) is 2. The van der Waals surface area contributed by atoms with Gasteiger partial charge in [0.05, 0.1) is 10.6 Å². The van der Waals surface area contributed by atoms with Gasteiger partial charge in [0.15, 0.2) is 0 Å². The third kappa shape index (κ3) is 4.50. The average molecular weight is 412 g/mol. The standard InChI is InChI=1S/C19H17Cl3N2O2/c20-13-3-1-12(2-4-13)19(26)24-9-7-15(8-10-24)23-18(25)16-11-14(21)5-6-17(16)22/h1-6,11,15H,7-10H2,(H,23,25). The van der Waals surface area contributed by atoms with Crippen LogP contribution in [0.4, 0.5) is 0 Å². The van der Waals surface area contributed by atoms with E-state index in [1.807, 2.05) is 0 Å². The molecule has 0 aliphatic carbocycles. The zero-order chi connectivity index (χ0) is 18.7. The van der Waals surface area contributed by atoms with Crippen LogP contribution < -0.4 is 5.32 Å². The number of piperidine rings is 1. The minimum Gasteiger partial charge on any atom is -0.349 e. The van der Waals surface area contributed by atoms with Crippen LogP contribution in [0.1, 0.15) is 33.6 Å². The fraction of sp³-hybridized carbons (Fsp3) is 0.263. The summed E-state index contributed by atoms with van der Waals surface area (Å²) in [7, 11) is 0. The number of likely N-dealkylation sites (tertiary alicyclic amines) is 1. The fourth-order valence-electron chi connectivity index (χ4n) is 2.94. The maximum absolute atomic E-state index is 12.5. The summed E-state index contributed by atoms with van der Waals surface area (Å²) in [6.45, 7) is 1.16. The van der Waals surface area contributed by atoms with Crippen LogP contribution in [0.2, 0.25) is 15.1 Å². The molecule has 4 nitrogen and oxygen atoms in total. The Kier molecular flexibility index (Phi) is 6.07. The SMILES string of the molecule is O=C(NC1CCN(C(=O)c2ccc(Cl)cc2)CC1)c1cc(Cl)ccc1Cl. The lowest BCUT2D eigenvalue weighted by Crippen LogP contribution is -2.46. The number of nitrogens with zero attached hydrogens (tertiary/aromatic N) is 1. The zero-order valence-corrected chi connectivity index (χ0v) is 16.1. The summed E-state index contributed by atoms with van der Waals surface area (Å²) in [5.41, 5.74) is 0.974. The Labute approximate surface area is 167 Å². The molecule has 1 aliphatic rings. The van der Waals surface area contributed by atoms with Crippen molar-refractivity contribution in [3.8, 4) is 0 Å². The first-order valence-corrected chi connectivity index (χ1v) is 9.38. The Hall–Kier alpha value is -1.75. The molecule has 2 aromatic rings. The predicted molar refractivity (Wildman–Crippen MR) is 104 cm³/mol. The molecular weight excluding hydrogens is 395 g/mol. The highest BCUT2D eigenvalue weighted by molar-refractivity contribution is 6.35. The summed E-state index contributed by atoms with van der Waals surface area (Å²) in [6, 6.07) is 11.6. The molecule has 1 heterocycles. The van der Waals surface area contributed by atoms with E-state index in [2.05, 4.69) is 5.32 Å². The number of benzene rings is 2. The molecule has 1 fully saturated rings. The molecule has 0 saturated carbocycles. The molecule has 0 atom stereocenters. The summed E-state index contributed by atoms with van der Waals surface area (Å²) >= 11 is 17.9. The highest BCUT2D eigenvalue weighted by atomic mass is 35.5. The Bertz CT molecular complexity index is 816. The molecule has 1 aliphatic heterocycles. The monoisotopic (exact) mass is 410 g/mol. The van der Waals surface area contributed by atoms with Gasteiger partial charge in [0.25, 0.3) is 11.8 Å². The molecule has 0 unspecified atom stereocenters. The molecule has 2 aromatic carbocycles. The van der Waals surface area contributed by atoms with Gasteiger partial charge < -0.3 is 10.2 Å². The van der Waals surface area contributed by atoms with Crippen molar-refractivity contribution in [1.82, 2.24) is 10.2 Å². The Morgan fingerprint density at radius 1 is 0.923 bits per heavy atom. The van der Waals surface area contributed by atoms with E-state index in [0.29, 0.717) is 52.1 Å². The average Bonchev–Trinajstić information content (AvgIpc) is 2.64. The number of rotatable bonds is 3. The van der Waals surface area contributed by atoms with Gasteiger partial charge in [-0.05, 0) is 55.3 Å². The maximum Gasteiger partial charge on any atom is 0.253 e. The number of hydrogen-bond donors (Lipinski definition) is 1. The molecule has 0 radical (unpaired) electrons. The van der Waals surface area contributed by atoms with Crippen LogP contribution in [0, 0.1) is 0 Å². The van der Waals surface area contributed by atoms with E-state index >= 15 is 0 Å². The first-order chi connectivity index (χ1) is 12.4. The lowest BCUT2D eigenvalue weighted by molar-refractivity contribution is 0.0698. The Morgan fingerprint density at radius 2 is 1.54 bits per heavy atom. The number of carbonyl (C=O) groups excluding carboxylic acids is 2. The highest BCUT2D eigenvalue weighted by Crippen LogP contribution is 2.22. The fourth-order valence-corrected chi connectivity index (χ4v) is 3.44. The van der Waals surface area contributed by atoms with E-state index in [4.69, 9.17) is 34.8 Å². The summed E-state index contributed by atoms with van der Waals surface area (Å²) in [4.78, 5) is 26.7. The van der Waals surface area contributed by atoms with Crippen molar-refractivity contribution in [3.05, 3.63) is 68.7 Å². The van der Waals surface area contributed by atoms with Crippen LogP contribution in [0.3, 0.4) is 0 Å². The lowest BCUT2D eigenvalue weighted by atomic mass is 10.0. The van der Waals surface area contributed by atoms with Gasteiger partial charge in [0, 0.05) is 34.7 Å². The minimum atomic E-state index is -0.250. The number of carbonyl (C=O) groups is 2.